The summed E-state index contributed by atoms with van der Waals surface area (Å²) in [5, 5.41) is 5.18. The molecule has 1 atom stereocenters. The van der Waals surface area contributed by atoms with Gasteiger partial charge in [-0.1, -0.05) is 25.1 Å². The SMILES string of the molecule is CCn1c2ccccc2c2cc(NC(=O)CC(C)CC(=O)NNC(=O)c3cccnc3)ccc21. The first-order valence-electron chi connectivity index (χ1n) is 11.3. The molecule has 4 aromatic rings. The van der Waals surface area contributed by atoms with Crippen LogP contribution in [0.3, 0.4) is 0 Å². The summed E-state index contributed by atoms with van der Waals surface area (Å²) in [5.41, 5.74) is 8.09. The maximum Gasteiger partial charge on any atom is 0.271 e. The zero-order chi connectivity index (χ0) is 24.1. The Labute approximate surface area is 197 Å². The first-order chi connectivity index (χ1) is 16.5. The number of nitrogens with zero attached hydrogens (tertiary/aromatic N) is 2. The van der Waals surface area contributed by atoms with Crippen molar-refractivity contribution in [1.82, 2.24) is 20.4 Å². The standard InChI is InChI=1S/C26H27N5O3/c1-3-31-22-9-5-4-8-20(22)21-15-19(10-11-23(21)31)28-24(32)13-17(2)14-25(33)29-30-26(34)18-7-6-12-27-16-18/h4-12,15-17H,3,13-14H2,1-2H3,(H,28,32)(H,29,33)(H,30,34). The van der Waals surface area contributed by atoms with E-state index in [1.54, 1.807) is 18.3 Å². The van der Waals surface area contributed by atoms with E-state index in [1.807, 2.05) is 37.3 Å². The Hall–Kier alpha value is -4.20. The molecule has 3 amide bonds. The van der Waals surface area contributed by atoms with Gasteiger partial charge in [-0.15, -0.1) is 0 Å². The van der Waals surface area contributed by atoms with Crippen LogP contribution < -0.4 is 16.2 Å². The third kappa shape index (κ3) is 5.06. The van der Waals surface area contributed by atoms with Gasteiger partial charge in [0.05, 0.1) is 5.56 Å². The van der Waals surface area contributed by atoms with Crippen molar-refractivity contribution < 1.29 is 14.4 Å². The van der Waals surface area contributed by atoms with Crippen LogP contribution in [0.2, 0.25) is 0 Å². The van der Waals surface area contributed by atoms with Crippen molar-refractivity contribution in [1.29, 1.82) is 0 Å². The fourth-order valence-electron chi connectivity index (χ4n) is 4.14. The fourth-order valence-corrected chi connectivity index (χ4v) is 4.14. The molecule has 0 fully saturated rings. The molecule has 0 saturated carbocycles. The van der Waals surface area contributed by atoms with Crippen LogP contribution in [0.15, 0.2) is 67.0 Å². The third-order valence-corrected chi connectivity index (χ3v) is 5.68. The van der Waals surface area contributed by atoms with Gasteiger partial charge in [-0.3, -0.25) is 30.2 Å². The van der Waals surface area contributed by atoms with E-state index in [4.69, 9.17) is 0 Å². The number of hydrogen-bond acceptors (Lipinski definition) is 4. The monoisotopic (exact) mass is 457 g/mol. The van der Waals surface area contributed by atoms with Crippen molar-refractivity contribution >= 4 is 45.2 Å². The van der Waals surface area contributed by atoms with Gasteiger partial charge in [0.25, 0.3) is 5.91 Å². The Bertz CT molecular complexity index is 1350. The molecule has 4 rings (SSSR count). The lowest BCUT2D eigenvalue weighted by atomic mass is 10.0. The molecule has 2 aromatic heterocycles. The van der Waals surface area contributed by atoms with E-state index in [0.717, 1.165) is 28.5 Å². The largest absolute Gasteiger partial charge is 0.341 e. The smallest absolute Gasteiger partial charge is 0.271 e. The van der Waals surface area contributed by atoms with Crippen LogP contribution in [0, 0.1) is 5.92 Å². The molecule has 2 aromatic carbocycles. The van der Waals surface area contributed by atoms with E-state index >= 15 is 0 Å². The molecule has 0 bridgehead atoms. The van der Waals surface area contributed by atoms with E-state index in [-0.39, 0.29) is 30.6 Å². The number of carbonyl (C=O) groups excluding carboxylic acids is 3. The highest BCUT2D eigenvalue weighted by atomic mass is 16.2. The number of hydrazine groups is 1. The Morgan fingerprint density at radius 2 is 1.68 bits per heavy atom. The lowest BCUT2D eigenvalue weighted by molar-refractivity contribution is -0.123. The molecular formula is C26H27N5O3. The van der Waals surface area contributed by atoms with Crippen molar-refractivity contribution in [2.75, 3.05) is 5.32 Å². The normalized spacial score (nSPS) is 11.8. The summed E-state index contributed by atoms with van der Waals surface area (Å²) in [6.45, 7) is 4.79. The zero-order valence-corrected chi connectivity index (χ0v) is 19.2. The number of nitrogens with one attached hydrogen (secondary N) is 3. The molecule has 2 heterocycles. The Morgan fingerprint density at radius 1 is 0.912 bits per heavy atom. The number of amides is 3. The second kappa shape index (κ2) is 10.2. The minimum Gasteiger partial charge on any atom is -0.341 e. The molecule has 0 aliphatic rings. The van der Waals surface area contributed by atoms with E-state index in [0.29, 0.717) is 5.56 Å². The molecule has 174 valence electrons. The highest BCUT2D eigenvalue weighted by Crippen LogP contribution is 2.31. The number of carbonyl (C=O) groups is 3. The van der Waals surface area contributed by atoms with Crippen LogP contribution in [-0.4, -0.2) is 27.3 Å². The molecular weight excluding hydrogens is 430 g/mol. The quantitative estimate of drug-likeness (QED) is 0.365. The van der Waals surface area contributed by atoms with Gasteiger partial charge >= 0.3 is 0 Å². The summed E-state index contributed by atoms with van der Waals surface area (Å²) in [6.07, 6.45) is 3.25. The summed E-state index contributed by atoms with van der Waals surface area (Å²) < 4.78 is 2.25. The van der Waals surface area contributed by atoms with E-state index in [2.05, 4.69) is 44.8 Å². The minimum absolute atomic E-state index is 0.101. The Morgan fingerprint density at radius 3 is 2.44 bits per heavy atom. The molecule has 8 nitrogen and oxygen atoms in total. The van der Waals surface area contributed by atoms with Gasteiger partial charge in [0.15, 0.2) is 0 Å². The first-order valence-corrected chi connectivity index (χ1v) is 11.3. The maximum absolute atomic E-state index is 12.6. The number of fused-ring (bicyclic) bond motifs is 3. The number of pyridine rings is 1. The van der Waals surface area contributed by atoms with Gasteiger partial charge in [0.1, 0.15) is 0 Å². The summed E-state index contributed by atoms with van der Waals surface area (Å²) in [4.78, 5) is 40.6. The Balaban J connectivity index is 1.33. The maximum atomic E-state index is 12.6. The van der Waals surface area contributed by atoms with Gasteiger partial charge in [0.2, 0.25) is 11.8 Å². The summed E-state index contributed by atoms with van der Waals surface area (Å²) in [5.74, 6) is -1.20. The number of rotatable bonds is 7. The summed E-state index contributed by atoms with van der Waals surface area (Å²) >= 11 is 0. The molecule has 0 spiro atoms. The molecule has 1 unspecified atom stereocenters. The minimum atomic E-state index is -0.452. The molecule has 8 heteroatoms. The fraction of sp³-hybridized carbons (Fsp3) is 0.231. The predicted octanol–water partition coefficient (Wildman–Crippen LogP) is 4.03. The van der Waals surface area contributed by atoms with Crippen molar-refractivity contribution in [3.63, 3.8) is 0 Å². The number of benzene rings is 2. The van der Waals surface area contributed by atoms with Gasteiger partial charge in [0, 0.05) is 59.3 Å². The lowest BCUT2D eigenvalue weighted by Crippen LogP contribution is -2.42. The summed E-state index contributed by atoms with van der Waals surface area (Å²) in [6, 6.07) is 17.4. The first kappa shape index (κ1) is 23.0. The number of aryl methyl sites for hydroxylation is 1. The lowest BCUT2D eigenvalue weighted by Gasteiger charge is -2.13. The number of para-hydroxylation sites is 1. The van der Waals surface area contributed by atoms with Gasteiger partial charge < -0.3 is 9.88 Å². The number of hydrogen-bond donors (Lipinski definition) is 3. The van der Waals surface area contributed by atoms with Crippen molar-refractivity contribution in [3.05, 3.63) is 72.6 Å². The molecule has 3 N–H and O–H groups in total. The van der Waals surface area contributed by atoms with Crippen LogP contribution in [0.5, 0.6) is 0 Å². The topological polar surface area (TPSA) is 105 Å². The number of aromatic nitrogens is 2. The number of anilines is 1. The second-order valence-corrected chi connectivity index (χ2v) is 8.30. The molecule has 0 radical (unpaired) electrons. The second-order valence-electron chi connectivity index (χ2n) is 8.30. The van der Waals surface area contributed by atoms with Crippen molar-refractivity contribution in [2.24, 2.45) is 5.92 Å². The molecule has 0 aliphatic carbocycles. The van der Waals surface area contributed by atoms with E-state index in [9.17, 15) is 14.4 Å². The highest BCUT2D eigenvalue weighted by molar-refractivity contribution is 6.09. The highest BCUT2D eigenvalue weighted by Gasteiger charge is 2.16. The summed E-state index contributed by atoms with van der Waals surface area (Å²) in [7, 11) is 0. The average Bonchev–Trinajstić information content (AvgIpc) is 3.15. The molecule has 34 heavy (non-hydrogen) atoms. The van der Waals surface area contributed by atoms with Gasteiger partial charge in [-0.25, -0.2) is 0 Å². The van der Waals surface area contributed by atoms with Crippen molar-refractivity contribution in [2.45, 2.75) is 33.2 Å². The predicted molar refractivity (Wildman–Crippen MR) is 132 cm³/mol. The van der Waals surface area contributed by atoms with Crippen LogP contribution in [-0.2, 0) is 16.1 Å². The van der Waals surface area contributed by atoms with Crippen LogP contribution in [0.1, 0.15) is 37.0 Å². The molecule has 0 saturated heterocycles. The van der Waals surface area contributed by atoms with Crippen molar-refractivity contribution in [3.8, 4) is 0 Å². The van der Waals surface area contributed by atoms with Crippen LogP contribution in [0.4, 0.5) is 5.69 Å². The molecule has 0 aliphatic heterocycles. The zero-order valence-electron chi connectivity index (χ0n) is 19.2. The van der Waals surface area contributed by atoms with Crippen LogP contribution >= 0.6 is 0 Å². The van der Waals surface area contributed by atoms with Crippen LogP contribution in [0.25, 0.3) is 21.8 Å². The van der Waals surface area contributed by atoms with Gasteiger partial charge in [-0.2, -0.15) is 0 Å². The van der Waals surface area contributed by atoms with E-state index < -0.39 is 5.91 Å². The van der Waals surface area contributed by atoms with Gasteiger partial charge in [-0.05, 0) is 49.2 Å². The Kier molecular flexibility index (Phi) is 6.87. The average molecular weight is 458 g/mol. The third-order valence-electron chi connectivity index (χ3n) is 5.68. The van der Waals surface area contributed by atoms with E-state index in [1.165, 1.54) is 11.7 Å².